The zero-order valence-corrected chi connectivity index (χ0v) is 20.2. The topological polar surface area (TPSA) is 103 Å². The number of nitrogens with zero attached hydrogens (tertiary/aromatic N) is 2. The summed E-state index contributed by atoms with van der Waals surface area (Å²) >= 11 is 0. The lowest BCUT2D eigenvalue weighted by molar-refractivity contribution is -0.0882. The molecule has 1 saturated carbocycles. The fourth-order valence-electron chi connectivity index (χ4n) is 5.10. The number of anilines is 1. The van der Waals surface area contributed by atoms with Crippen molar-refractivity contribution in [2.75, 3.05) is 17.8 Å². The standard InChI is InChI=1S/C26H30FN3O4S/c27-22-10-11-23(24-21(22)5-2-14-28-24)35(33,34)29-20-8-6-19(7-9-20)25(31)30-15-12-26(32,13-16-30)17-18-3-1-4-18/h2,5-11,14,18,25,29,31-32H,1,3-4,12-13,15-17H2. The maximum absolute atomic E-state index is 14.1. The van der Waals surface area contributed by atoms with E-state index in [0.717, 1.165) is 12.5 Å². The molecule has 1 saturated heterocycles. The second-order valence-corrected chi connectivity index (χ2v) is 11.5. The van der Waals surface area contributed by atoms with Crippen LogP contribution in [0.5, 0.6) is 0 Å². The van der Waals surface area contributed by atoms with Gasteiger partial charge in [0.15, 0.2) is 0 Å². The molecule has 186 valence electrons. The van der Waals surface area contributed by atoms with Gasteiger partial charge in [0.1, 0.15) is 16.9 Å². The van der Waals surface area contributed by atoms with E-state index < -0.39 is 27.7 Å². The number of fused-ring (bicyclic) bond motifs is 1. The lowest BCUT2D eigenvalue weighted by Crippen LogP contribution is -2.47. The molecule has 0 amide bonds. The Bertz CT molecular complexity index is 1300. The van der Waals surface area contributed by atoms with Crippen LogP contribution in [-0.4, -0.2) is 47.2 Å². The summed E-state index contributed by atoms with van der Waals surface area (Å²) in [6.07, 6.45) is 6.39. The largest absolute Gasteiger partial charge is 0.390 e. The lowest BCUT2D eigenvalue weighted by atomic mass is 9.74. The molecule has 2 fully saturated rings. The predicted molar refractivity (Wildman–Crippen MR) is 132 cm³/mol. The smallest absolute Gasteiger partial charge is 0.264 e. The second kappa shape index (κ2) is 9.46. The Kier molecular flexibility index (Phi) is 6.52. The van der Waals surface area contributed by atoms with Gasteiger partial charge in [-0.05, 0) is 67.1 Å². The van der Waals surface area contributed by atoms with Crippen LogP contribution >= 0.6 is 0 Å². The molecule has 9 heteroatoms. The van der Waals surface area contributed by atoms with Crippen molar-refractivity contribution in [2.24, 2.45) is 5.92 Å². The van der Waals surface area contributed by atoms with Crippen molar-refractivity contribution >= 4 is 26.6 Å². The predicted octanol–water partition coefficient (Wildman–Crippen LogP) is 4.18. The highest BCUT2D eigenvalue weighted by Gasteiger charge is 2.37. The number of benzene rings is 2. The van der Waals surface area contributed by atoms with Gasteiger partial charge >= 0.3 is 0 Å². The fraction of sp³-hybridized carbons (Fsp3) is 0.423. The third-order valence-corrected chi connectivity index (χ3v) is 8.81. The average molecular weight is 500 g/mol. The summed E-state index contributed by atoms with van der Waals surface area (Å²) in [5.41, 5.74) is 0.395. The van der Waals surface area contributed by atoms with Gasteiger partial charge in [-0.15, -0.1) is 0 Å². The first-order valence-corrected chi connectivity index (χ1v) is 13.5. The first-order valence-electron chi connectivity index (χ1n) is 12.0. The molecule has 0 spiro atoms. The van der Waals surface area contributed by atoms with Crippen LogP contribution < -0.4 is 4.72 Å². The normalized spacial score (nSPS) is 19.9. The van der Waals surface area contributed by atoms with Crippen LogP contribution in [0.25, 0.3) is 10.9 Å². The van der Waals surface area contributed by atoms with Gasteiger partial charge in [-0.25, -0.2) is 12.8 Å². The molecule has 1 aliphatic carbocycles. The maximum atomic E-state index is 14.1. The highest BCUT2D eigenvalue weighted by atomic mass is 32.2. The molecule has 0 bridgehead atoms. The molecule has 2 heterocycles. The van der Waals surface area contributed by atoms with E-state index in [0.29, 0.717) is 43.1 Å². The third-order valence-electron chi connectivity index (χ3n) is 7.40. The summed E-state index contributed by atoms with van der Waals surface area (Å²) in [6.45, 7) is 1.20. The summed E-state index contributed by atoms with van der Waals surface area (Å²) in [6, 6.07) is 11.9. The minimum Gasteiger partial charge on any atom is -0.390 e. The molecule has 1 atom stereocenters. The number of hydrogen-bond donors (Lipinski definition) is 3. The van der Waals surface area contributed by atoms with Crippen molar-refractivity contribution in [1.82, 2.24) is 9.88 Å². The van der Waals surface area contributed by atoms with E-state index in [4.69, 9.17) is 0 Å². The molecule has 2 aromatic carbocycles. The van der Waals surface area contributed by atoms with E-state index in [1.54, 1.807) is 30.3 Å². The Morgan fingerprint density at radius 3 is 2.49 bits per heavy atom. The van der Waals surface area contributed by atoms with E-state index in [-0.39, 0.29) is 15.8 Å². The number of halogens is 1. The van der Waals surface area contributed by atoms with Crippen molar-refractivity contribution in [2.45, 2.75) is 55.2 Å². The average Bonchev–Trinajstić information content (AvgIpc) is 2.82. The molecular weight excluding hydrogens is 469 g/mol. The van der Waals surface area contributed by atoms with Crippen LogP contribution in [0, 0.1) is 11.7 Å². The van der Waals surface area contributed by atoms with E-state index in [1.807, 2.05) is 4.90 Å². The maximum Gasteiger partial charge on any atom is 0.264 e. The monoisotopic (exact) mass is 499 g/mol. The highest BCUT2D eigenvalue weighted by molar-refractivity contribution is 7.93. The summed E-state index contributed by atoms with van der Waals surface area (Å²) in [7, 11) is -4.01. The van der Waals surface area contributed by atoms with Crippen LogP contribution in [0.4, 0.5) is 10.1 Å². The highest BCUT2D eigenvalue weighted by Crippen LogP contribution is 2.39. The Hall–Kier alpha value is -2.59. The van der Waals surface area contributed by atoms with Crippen LogP contribution in [0.3, 0.4) is 0 Å². The van der Waals surface area contributed by atoms with Crippen molar-refractivity contribution in [3.05, 3.63) is 66.1 Å². The first-order chi connectivity index (χ1) is 16.7. The summed E-state index contributed by atoms with van der Waals surface area (Å²) in [4.78, 5) is 5.88. The number of sulfonamides is 1. The van der Waals surface area contributed by atoms with Gasteiger partial charge in [-0.3, -0.25) is 14.6 Å². The van der Waals surface area contributed by atoms with E-state index in [1.165, 1.54) is 37.6 Å². The van der Waals surface area contributed by atoms with Crippen LogP contribution in [0.1, 0.15) is 50.3 Å². The second-order valence-electron chi connectivity index (χ2n) is 9.81. The van der Waals surface area contributed by atoms with Crippen molar-refractivity contribution in [1.29, 1.82) is 0 Å². The molecule has 3 aromatic rings. The number of piperidine rings is 1. The number of aliphatic hydroxyl groups excluding tert-OH is 1. The molecule has 1 unspecified atom stereocenters. The zero-order valence-electron chi connectivity index (χ0n) is 19.4. The van der Waals surface area contributed by atoms with Gasteiger partial charge < -0.3 is 10.2 Å². The number of aromatic nitrogens is 1. The molecule has 1 aromatic heterocycles. The molecule has 3 N–H and O–H groups in total. The van der Waals surface area contributed by atoms with Gasteiger partial charge in [-0.2, -0.15) is 0 Å². The molecule has 2 aliphatic rings. The number of aliphatic hydroxyl groups is 2. The van der Waals surface area contributed by atoms with Gasteiger partial charge in [0.05, 0.1) is 11.1 Å². The van der Waals surface area contributed by atoms with E-state index >= 15 is 0 Å². The molecule has 35 heavy (non-hydrogen) atoms. The van der Waals surface area contributed by atoms with E-state index in [9.17, 15) is 23.0 Å². The van der Waals surface area contributed by atoms with Gasteiger partial charge in [0, 0.05) is 30.4 Å². The first kappa shape index (κ1) is 24.1. The third kappa shape index (κ3) is 5.04. The number of likely N-dealkylation sites (tertiary alicyclic amines) is 1. The number of pyridine rings is 1. The molecule has 1 aliphatic heterocycles. The lowest BCUT2D eigenvalue weighted by Gasteiger charge is -2.43. The Balaban J connectivity index is 1.25. The van der Waals surface area contributed by atoms with E-state index in [2.05, 4.69) is 9.71 Å². The molecule has 5 rings (SSSR count). The summed E-state index contributed by atoms with van der Waals surface area (Å²) < 4.78 is 42.6. The Labute approximate surface area is 204 Å². The minimum absolute atomic E-state index is 0.0643. The van der Waals surface area contributed by atoms with Crippen LogP contribution in [0.15, 0.2) is 59.6 Å². The molecule has 0 radical (unpaired) electrons. The zero-order chi connectivity index (χ0) is 24.6. The van der Waals surface area contributed by atoms with Gasteiger partial charge in [-0.1, -0.05) is 31.4 Å². The Morgan fingerprint density at radius 2 is 1.83 bits per heavy atom. The van der Waals surface area contributed by atoms with Crippen LogP contribution in [-0.2, 0) is 10.0 Å². The number of rotatable bonds is 7. The Morgan fingerprint density at radius 1 is 1.11 bits per heavy atom. The van der Waals surface area contributed by atoms with Gasteiger partial charge in [0.25, 0.3) is 10.0 Å². The summed E-state index contributed by atoms with van der Waals surface area (Å²) in [5.74, 6) is 0.0982. The quantitative estimate of drug-likeness (QED) is 0.451. The summed E-state index contributed by atoms with van der Waals surface area (Å²) in [5, 5.41) is 21.9. The minimum atomic E-state index is -4.01. The fourth-order valence-corrected chi connectivity index (χ4v) is 6.32. The van der Waals surface area contributed by atoms with Crippen molar-refractivity contribution < 1.29 is 23.0 Å². The van der Waals surface area contributed by atoms with Crippen molar-refractivity contribution in [3.63, 3.8) is 0 Å². The number of hydrogen-bond acceptors (Lipinski definition) is 6. The molecular formula is C26H30FN3O4S. The van der Waals surface area contributed by atoms with Crippen molar-refractivity contribution in [3.8, 4) is 0 Å². The number of nitrogens with one attached hydrogen (secondary N) is 1. The van der Waals surface area contributed by atoms with Gasteiger partial charge in [0.2, 0.25) is 0 Å². The van der Waals surface area contributed by atoms with Crippen LogP contribution in [0.2, 0.25) is 0 Å². The molecule has 7 nitrogen and oxygen atoms in total. The SMILES string of the molecule is O=S(=O)(Nc1ccc(C(O)N2CCC(O)(CC3CCC3)CC2)cc1)c1ccc(F)c2cccnc12.